The number of nitrogens with one attached hydrogen (secondary N) is 1. The van der Waals surface area contributed by atoms with Crippen LogP contribution in [0.25, 0.3) is 11.3 Å². The van der Waals surface area contributed by atoms with Gasteiger partial charge in [0.15, 0.2) is 0 Å². The number of amides is 1. The number of halogens is 1. The first kappa shape index (κ1) is 13.3. The van der Waals surface area contributed by atoms with E-state index in [0.717, 1.165) is 33.8 Å². The number of fused-ring (bicyclic) bond motifs is 1. The van der Waals surface area contributed by atoms with Gasteiger partial charge < -0.3 is 15.6 Å². The number of benzene rings is 1. The number of anilines is 1. The van der Waals surface area contributed by atoms with E-state index in [0.29, 0.717) is 13.0 Å². The summed E-state index contributed by atoms with van der Waals surface area (Å²) in [4.78, 5) is 21.0. The minimum Gasteiger partial charge on any atom is -0.335 e. The summed E-state index contributed by atoms with van der Waals surface area (Å²) in [6.07, 6.45) is 1.33. The highest BCUT2D eigenvalue weighted by Gasteiger charge is 2.21. The quantitative estimate of drug-likeness (QED) is 0.884. The first-order valence-corrected chi connectivity index (χ1v) is 7.23. The van der Waals surface area contributed by atoms with E-state index in [2.05, 4.69) is 32.0 Å². The number of aromatic amines is 1. The molecule has 0 unspecified atom stereocenters. The molecule has 104 valence electrons. The molecule has 1 aromatic heterocycles. The normalized spacial score (nSPS) is 14.6. The summed E-state index contributed by atoms with van der Waals surface area (Å²) >= 11 is 3.47. The fraction of sp³-hybridized carbons (Fsp3) is 0.286. The number of aromatic nitrogens is 2. The highest BCUT2D eigenvalue weighted by molar-refractivity contribution is 9.10. The van der Waals surface area contributed by atoms with Crippen LogP contribution < -0.4 is 10.6 Å². The van der Waals surface area contributed by atoms with Gasteiger partial charge in [-0.1, -0.05) is 6.07 Å². The zero-order chi connectivity index (χ0) is 14.3. The van der Waals surface area contributed by atoms with Gasteiger partial charge in [-0.25, -0.2) is 4.98 Å². The van der Waals surface area contributed by atoms with E-state index in [4.69, 9.17) is 5.73 Å². The van der Waals surface area contributed by atoms with Crippen molar-refractivity contribution in [1.82, 2.24) is 9.97 Å². The number of nitrogens with zero attached hydrogens (tertiary/aromatic N) is 2. The van der Waals surface area contributed by atoms with Gasteiger partial charge in [0.05, 0.1) is 6.54 Å². The molecule has 0 aliphatic carbocycles. The standard InChI is InChI=1S/C14H15BrN4O/c1-19-10-4-2-9(6-8(10)3-5-12(19)20)13-14(15)18-11(7-16)17-13/h2,4,6H,3,5,7,16H2,1H3,(H,17,18). The summed E-state index contributed by atoms with van der Waals surface area (Å²) in [6, 6.07) is 6.06. The average Bonchev–Trinajstić information content (AvgIpc) is 2.84. The molecule has 0 saturated carbocycles. The van der Waals surface area contributed by atoms with Crippen LogP contribution in [0, 0.1) is 0 Å². The Kier molecular flexibility index (Phi) is 3.35. The number of imidazole rings is 1. The third-order valence-electron chi connectivity index (χ3n) is 3.60. The van der Waals surface area contributed by atoms with Gasteiger partial charge in [0, 0.05) is 24.7 Å². The Bertz CT molecular complexity index is 680. The monoisotopic (exact) mass is 334 g/mol. The van der Waals surface area contributed by atoms with Gasteiger partial charge in [0.2, 0.25) is 5.91 Å². The molecule has 5 nitrogen and oxygen atoms in total. The molecule has 2 heterocycles. The molecule has 1 aliphatic heterocycles. The summed E-state index contributed by atoms with van der Waals surface area (Å²) in [7, 11) is 1.82. The summed E-state index contributed by atoms with van der Waals surface area (Å²) in [6.45, 7) is 0.376. The fourth-order valence-electron chi connectivity index (χ4n) is 2.49. The van der Waals surface area contributed by atoms with E-state index < -0.39 is 0 Å². The predicted molar refractivity (Wildman–Crippen MR) is 81.3 cm³/mol. The first-order valence-electron chi connectivity index (χ1n) is 6.44. The Balaban J connectivity index is 2.04. The molecule has 0 atom stereocenters. The highest BCUT2D eigenvalue weighted by Crippen LogP contribution is 2.33. The van der Waals surface area contributed by atoms with E-state index in [1.807, 2.05) is 19.2 Å². The maximum atomic E-state index is 11.7. The third-order valence-corrected chi connectivity index (χ3v) is 4.17. The number of rotatable bonds is 2. The van der Waals surface area contributed by atoms with Crippen molar-refractivity contribution >= 4 is 27.5 Å². The van der Waals surface area contributed by atoms with E-state index in [1.54, 1.807) is 4.90 Å². The van der Waals surface area contributed by atoms with E-state index in [9.17, 15) is 4.79 Å². The molecule has 1 aliphatic rings. The van der Waals surface area contributed by atoms with Crippen LogP contribution in [-0.2, 0) is 17.8 Å². The lowest BCUT2D eigenvalue weighted by atomic mass is 9.98. The Morgan fingerprint density at radius 3 is 2.95 bits per heavy atom. The zero-order valence-electron chi connectivity index (χ0n) is 11.1. The minimum atomic E-state index is 0.164. The van der Waals surface area contributed by atoms with Crippen molar-refractivity contribution < 1.29 is 4.79 Å². The maximum absolute atomic E-state index is 11.7. The van der Waals surface area contributed by atoms with Gasteiger partial charge in [-0.2, -0.15) is 0 Å². The first-order chi connectivity index (χ1) is 9.60. The van der Waals surface area contributed by atoms with Gasteiger partial charge in [-0.3, -0.25) is 4.79 Å². The molecule has 0 saturated heterocycles. The molecule has 3 rings (SSSR count). The number of carbonyl (C=O) groups is 1. The Hall–Kier alpha value is -1.66. The van der Waals surface area contributed by atoms with Crippen LogP contribution in [0.4, 0.5) is 5.69 Å². The number of carbonyl (C=O) groups excluding carboxylic acids is 1. The SMILES string of the molecule is CN1C(=O)CCc2cc(-c3nc(CN)[nH]c3Br)ccc21. The second-order valence-corrected chi connectivity index (χ2v) is 5.64. The van der Waals surface area contributed by atoms with Gasteiger partial charge >= 0.3 is 0 Å². The van der Waals surface area contributed by atoms with Crippen molar-refractivity contribution in [3.8, 4) is 11.3 Å². The van der Waals surface area contributed by atoms with Crippen molar-refractivity contribution in [2.45, 2.75) is 19.4 Å². The summed E-state index contributed by atoms with van der Waals surface area (Å²) in [5.41, 5.74) is 9.63. The number of hydrogen-bond acceptors (Lipinski definition) is 3. The Morgan fingerprint density at radius 1 is 1.45 bits per heavy atom. The van der Waals surface area contributed by atoms with E-state index in [1.165, 1.54) is 5.56 Å². The lowest BCUT2D eigenvalue weighted by molar-refractivity contribution is -0.118. The van der Waals surface area contributed by atoms with Crippen LogP contribution in [0.15, 0.2) is 22.8 Å². The maximum Gasteiger partial charge on any atom is 0.227 e. The second-order valence-electron chi connectivity index (χ2n) is 4.85. The topological polar surface area (TPSA) is 75.0 Å². The number of hydrogen-bond donors (Lipinski definition) is 2. The smallest absolute Gasteiger partial charge is 0.227 e. The fourth-order valence-corrected chi connectivity index (χ4v) is 3.04. The molecule has 0 spiro atoms. The lowest BCUT2D eigenvalue weighted by Gasteiger charge is -2.26. The van der Waals surface area contributed by atoms with E-state index >= 15 is 0 Å². The number of nitrogens with two attached hydrogens (primary N) is 1. The van der Waals surface area contributed by atoms with Crippen LogP contribution in [0.5, 0.6) is 0 Å². The van der Waals surface area contributed by atoms with Crippen LogP contribution in [0.1, 0.15) is 17.8 Å². The van der Waals surface area contributed by atoms with Gasteiger partial charge in [-0.05, 0) is 40.0 Å². The minimum absolute atomic E-state index is 0.164. The van der Waals surface area contributed by atoms with Crippen LogP contribution >= 0.6 is 15.9 Å². The number of aryl methyl sites for hydroxylation is 1. The van der Waals surface area contributed by atoms with Crippen molar-refractivity contribution in [2.24, 2.45) is 5.73 Å². The van der Waals surface area contributed by atoms with Gasteiger partial charge in [0.25, 0.3) is 0 Å². The molecule has 2 aromatic rings. The largest absolute Gasteiger partial charge is 0.335 e. The van der Waals surface area contributed by atoms with Crippen LogP contribution in [0.3, 0.4) is 0 Å². The summed E-state index contributed by atoms with van der Waals surface area (Å²) in [5.74, 6) is 0.911. The zero-order valence-corrected chi connectivity index (χ0v) is 12.7. The van der Waals surface area contributed by atoms with Crippen molar-refractivity contribution in [3.05, 3.63) is 34.2 Å². The van der Waals surface area contributed by atoms with Crippen molar-refractivity contribution in [2.75, 3.05) is 11.9 Å². The Morgan fingerprint density at radius 2 is 2.25 bits per heavy atom. The second kappa shape index (κ2) is 5.03. The van der Waals surface area contributed by atoms with Gasteiger partial charge in [0.1, 0.15) is 16.1 Å². The molecule has 0 bridgehead atoms. The van der Waals surface area contributed by atoms with Crippen molar-refractivity contribution in [1.29, 1.82) is 0 Å². The molecule has 1 aromatic carbocycles. The molecular formula is C14H15BrN4O. The molecule has 0 radical (unpaired) electrons. The predicted octanol–water partition coefficient (Wildman–Crippen LogP) is 2.21. The summed E-state index contributed by atoms with van der Waals surface area (Å²) < 4.78 is 0.832. The highest BCUT2D eigenvalue weighted by atomic mass is 79.9. The average molecular weight is 335 g/mol. The van der Waals surface area contributed by atoms with Gasteiger partial charge in [-0.15, -0.1) is 0 Å². The lowest BCUT2D eigenvalue weighted by Crippen LogP contribution is -2.30. The molecule has 1 amide bonds. The van der Waals surface area contributed by atoms with Crippen LogP contribution in [-0.4, -0.2) is 22.9 Å². The van der Waals surface area contributed by atoms with Crippen molar-refractivity contribution in [3.63, 3.8) is 0 Å². The molecular weight excluding hydrogens is 320 g/mol. The number of H-pyrrole nitrogens is 1. The molecule has 0 fully saturated rings. The van der Waals surface area contributed by atoms with Crippen LogP contribution in [0.2, 0.25) is 0 Å². The summed E-state index contributed by atoms with van der Waals surface area (Å²) in [5, 5.41) is 0. The van der Waals surface area contributed by atoms with E-state index in [-0.39, 0.29) is 5.91 Å². The third kappa shape index (κ3) is 2.14. The molecule has 6 heteroatoms. The molecule has 20 heavy (non-hydrogen) atoms. The molecule has 3 N–H and O–H groups in total. The Labute approximate surface area is 125 Å².